The Labute approximate surface area is 202 Å². The monoisotopic (exact) mass is 463 g/mol. The lowest BCUT2D eigenvalue weighted by Gasteiger charge is -2.42. The highest BCUT2D eigenvalue weighted by Crippen LogP contribution is 2.35. The summed E-state index contributed by atoms with van der Waals surface area (Å²) in [5.74, 6) is 1.19. The van der Waals surface area contributed by atoms with Gasteiger partial charge in [-0.1, -0.05) is 37.3 Å². The van der Waals surface area contributed by atoms with Crippen molar-refractivity contribution < 1.29 is 9.53 Å². The largest absolute Gasteiger partial charge is 0.381 e. The Kier molecular flexibility index (Phi) is 7.11. The van der Waals surface area contributed by atoms with Gasteiger partial charge in [0.1, 0.15) is 0 Å². The van der Waals surface area contributed by atoms with E-state index in [2.05, 4.69) is 64.3 Å². The van der Waals surface area contributed by atoms with Crippen molar-refractivity contribution in [2.24, 2.45) is 5.92 Å². The Morgan fingerprint density at radius 2 is 1.97 bits per heavy atom. The summed E-state index contributed by atoms with van der Waals surface area (Å²) < 4.78 is 5.46. The maximum absolute atomic E-state index is 14.0. The Balaban J connectivity index is 1.34. The van der Waals surface area contributed by atoms with Crippen LogP contribution in [0.2, 0.25) is 0 Å². The minimum Gasteiger partial charge on any atom is -0.381 e. The molecule has 182 valence electrons. The Hall–Kier alpha value is -2.51. The van der Waals surface area contributed by atoms with Gasteiger partial charge < -0.3 is 19.9 Å². The van der Waals surface area contributed by atoms with Crippen LogP contribution in [0.15, 0.2) is 36.5 Å². The van der Waals surface area contributed by atoms with Gasteiger partial charge in [0, 0.05) is 49.9 Å². The molecule has 4 heterocycles. The van der Waals surface area contributed by atoms with Crippen molar-refractivity contribution in [2.75, 3.05) is 38.2 Å². The summed E-state index contributed by atoms with van der Waals surface area (Å²) in [6, 6.07) is 11.1. The molecule has 7 nitrogen and oxygen atoms in total. The van der Waals surface area contributed by atoms with Crippen LogP contribution in [-0.2, 0) is 22.5 Å². The molecule has 1 aromatic carbocycles. The molecule has 7 heteroatoms. The van der Waals surface area contributed by atoms with Crippen molar-refractivity contribution in [3.05, 3.63) is 53.3 Å². The van der Waals surface area contributed by atoms with Crippen LogP contribution in [0.25, 0.3) is 0 Å². The van der Waals surface area contributed by atoms with E-state index in [9.17, 15) is 4.79 Å². The Bertz CT molecular complexity index is 978. The molecule has 1 amide bonds. The molecule has 0 unspecified atom stereocenters. The molecule has 3 atom stereocenters. The van der Waals surface area contributed by atoms with Crippen LogP contribution < -0.4 is 5.32 Å². The van der Waals surface area contributed by atoms with Crippen molar-refractivity contribution in [2.45, 2.75) is 64.1 Å². The van der Waals surface area contributed by atoms with E-state index >= 15 is 0 Å². The summed E-state index contributed by atoms with van der Waals surface area (Å²) >= 11 is 0. The van der Waals surface area contributed by atoms with E-state index in [4.69, 9.17) is 9.72 Å². The van der Waals surface area contributed by atoms with E-state index in [1.54, 1.807) is 0 Å². The third kappa shape index (κ3) is 4.96. The number of carbonyl (C=O) groups excluding carboxylic acids is 1. The predicted molar refractivity (Wildman–Crippen MR) is 133 cm³/mol. The van der Waals surface area contributed by atoms with Gasteiger partial charge in [0.25, 0.3) is 0 Å². The molecule has 1 aromatic heterocycles. The zero-order chi connectivity index (χ0) is 23.5. The molecule has 1 N–H and O–H groups in total. The van der Waals surface area contributed by atoms with E-state index < -0.39 is 0 Å². The summed E-state index contributed by atoms with van der Waals surface area (Å²) in [6.45, 7) is 9.44. The fraction of sp³-hybridized carbons (Fsp3) is 0.593. The molecule has 0 spiro atoms. The number of likely N-dealkylation sites (tertiary alicyclic amines) is 1. The first-order chi connectivity index (χ1) is 16.6. The molecule has 0 aliphatic carbocycles. The number of aromatic nitrogens is 2. The van der Waals surface area contributed by atoms with Crippen molar-refractivity contribution in [3.63, 3.8) is 0 Å². The van der Waals surface area contributed by atoms with Gasteiger partial charge in [-0.15, -0.1) is 0 Å². The summed E-state index contributed by atoms with van der Waals surface area (Å²) in [4.78, 5) is 28.0. The van der Waals surface area contributed by atoms with Crippen LogP contribution in [0.4, 0.5) is 5.95 Å². The number of carbonyl (C=O) groups is 1. The number of piperidine rings is 1. The number of amides is 1. The van der Waals surface area contributed by atoms with Gasteiger partial charge in [0.2, 0.25) is 11.9 Å². The number of hydrogen-bond acceptors (Lipinski definition) is 6. The lowest BCUT2D eigenvalue weighted by molar-refractivity contribution is -0.141. The van der Waals surface area contributed by atoms with Crippen molar-refractivity contribution in [1.82, 2.24) is 19.8 Å². The second-order valence-corrected chi connectivity index (χ2v) is 10.0. The summed E-state index contributed by atoms with van der Waals surface area (Å²) in [5.41, 5.74) is 3.42. The summed E-state index contributed by atoms with van der Waals surface area (Å²) in [6.07, 6.45) is 5.61. The molecule has 0 saturated carbocycles. The van der Waals surface area contributed by atoms with E-state index in [1.165, 1.54) is 5.56 Å². The van der Waals surface area contributed by atoms with Crippen LogP contribution in [0.5, 0.6) is 0 Å². The zero-order valence-corrected chi connectivity index (χ0v) is 20.4. The highest BCUT2D eigenvalue weighted by molar-refractivity contribution is 5.80. The first-order valence-electron chi connectivity index (χ1n) is 12.9. The molecule has 2 saturated heterocycles. The Morgan fingerprint density at radius 1 is 1.18 bits per heavy atom. The van der Waals surface area contributed by atoms with Gasteiger partial charge in [-0.3, -0.25) is 4.79 Å². The van der Waals surface area contributed by atoms with Crippen LogP contribution in [0.3, 0.4) is 0 Å². The molecule has 2 fully saturated rings. The second-order valence-electron chi connectivity index (χ2n) is 10.0. The first kappa shape index (κ1) is 23.2. The minimum absolute atomic E-state index is 0.0101. The number of nitrogens with zero attached hydrogens (tertiary/aromatic N) is 4. The van der Waals surface area contributed by atoms with E-state index in [0.717, 1.165) is 69.8 Å². The number of fused-ring (bicyclic) bond motifs is 1. The number of anilines is 1. The van der Waals surface area contributed by atoms with Crippen LogP contribution in [0.1, 0.15) is 55.8 Å². The number of nitrogens with one attached hydrogen (secondary N) is 1. The standard InChI is InChI=1S/C27H37N5O2/c1-3-31-12-9-23(24(17-31)20-7-5-4-6-8-20)26(33)32-18-25-21(15-19(32)2)16-28-27(30-25)29-22-10-13-34-14-11-22/h4-8,16,19,22-24H,3,9-15,17-18H2,1-2H3,(H,28,29,30)/t19-,23+,24-/m1/s1. The molecule has 5 rings (SSSR count). The van der Waals surface area contributed by atoms with Gasteiger partial charge >= 0.3 is 0 Å². The van der Waals surface area contributed by atoms with Crippen LogP contribution >= 0.6 is 0 Å². The van der Waals surface area contributed by atoms with Crippen molar-refractivity contribution in [1.29, 1.82) is 0 Å². The highest BCUT2D eigenvalue weighted by Gasteiger charge is 2.39. The van der Waals surface area contributed by atoms with E-state index in [-0.39, 0.29) is 23.8 Å². The molecule has 3 aliphatic rings. The second kappa shape index (κ2) is 10.4. The number of rotatable bonds is 5. The molecule has 3 aliphatic heterocycles. The fourth-order valence-corrected chi connectivity index (χ4v) is 5.74. The van der Waals surface area contributed by atoms with Gasteiger partial charge in [-0.2, -0.15) is 0 Å². The maximum atomic E-state index is 14.0. The number of ether oxygens (including phenoxy) is 1. The number of benzene rings is 1. The molecule has 34 heavy (non-hydrogen) atoms. The van der Waals surface area contributed by atoms with Gasteiger partial charge in [0.05, 0.1) is 12.2 Å². The summed E-state index contributed by atoms with van der Waals surface area (Å²) in [7, 11) is 0. The molecule has 0 radical (unpaired) electrons. The molecule has 2 aromatic rings. The smallest absolute Gasteiger partial charge is 0.227 e. The van der Waals surface area contributed by atoms with Gasteiger partial charge in [0.15, 0.2) is 0 Å². The van der Waals surface area contributed by atoms with E-state index in [0.29, 0.717) is 18.5 Å². The number of likely N-dealkylation sites (N-methyl/N-ethyl adjacent to an activating group) is 1. The van der Waals surface area contributed by atoms with Crippen molar-refractivity contribution >= 4 is 11.9 Å². The van der Waals surface area contributed by atoms with Crippen LogP contribution in [-0.4, -0.2) is 70.6 Å². The zero-order valence-electron chi connectivity index (χ0n) is 20.4. The average molecular weight is 464 g/mol. The lowest BCUT2D eigenvalue weighted by Crippen LogP contribution is -2.50. The third-order valence-electron chi connectivity index (χ3n) is 7.85. The SMILES string of the molecule is CCN1CC[C@H](C(=O)N2Cc3nc(NC4CCOCC4)ncc3C[C@H]2C)[C@@H](c2ccccc2)C1. The van der Waals surface area contributed by atoms with Gasteiger partial charge in [-0.05, 0) is 56.8 Å². The average Bonchev–Trinajstić information content (AvgIpc) is 2.89. The van der Waals surface area contributed by atoms with Crippen molar-refractivity contribution in [3.8, 4) is 0 Å². The Morgan fingerprint density at radius 3 is 2.74 bits per heavy atom. The number of hydrogen-bond donors (Lipinski definition) is 1. The summed E-state index contributed by atoms with van der Waals surface area (Å²) in [5, 5.41) is 3.48. The first-order valence-corrected chi connectivity index (χ1v) is 12.9. The molecular formula is C27H37N5O2. The fourth-order valence-electron chi connectivity index (χ4n) is 5.74. The highest BCUT2D eigenvalue weighted by atomic mass is 16.5. The van der Waals surface area contributed by atoms with E-state index in [1.807, 2.05) is 6.20 Å². The topological polar surface area (TPSA) is 70.6 Å². The third-order valence-corrected chi connectivity index (χ3v) is 7.85. The van der Waals surface area contributed by atoms with Crippen LogP contribution in [0, 0.1) is 5.92 Å². The minimum atomic E-state index is 0.0101. The lowest BCUT2D eigenvalue weighted by atomic mass is 9.79. The molecular weight excluding hydrogens is 426 g/mol. The molecule has 0 bridgehead atoms. The predicted octanol–water partition coefficient (Wildman–Crippen LogP) is 3.47. The normalized spacial score (nSPS) is 26.2. The van der Waals surface area contributed by atoms with Gasteiger partial charge in [-0.25, -0.2) is 9.97 Å². The quantitative estimate of drug-likeness (QED) is 0.732. The maximum Gasteiger partial charge on any atom is 0.227 e.